The molecule has 7 heteroatoms. The maximum Gasteiger partial charge on any atom is 0.271 e. The summed E-state index contributed by atoms with van der Waals surface area (Å²) in [5.41, 5.74) is 0.166. The van der Waals surface area contributed by atoms with Gasteiger partial charge in [-0.15, -0.1) is 0 Å². The van der Waals surface area contributed by atoms with Gasteiger partial charge in [-0.25, -0.2) is 0 Å². The number of ether oxygens (including phenoxy) is 1. The minimum atomic E-state index is -0.216. The van der Waals surface area contributed by atoms with Crippen molar-refractivity contribution in [3.63, 3.8) is 0 Å². The number of nitrogens with zero attached hydrogens (tertiary/aromatic N) is 2. The molecule has 23 heavy (non-hydrogen) atoms. The third kappa shape index (κ3) is 3.12. The number of aromatic nitrogens is 2. The zero-order valence-electron chi connectivity index (χ0n) is 13.4. The highest BCUT2D eigenvalue weighted by atomic mass is 35.5. The van der Waals surface area contributed by atoms with Gasteiger partial charge in [0.1, 0.15) is 5.69 Å². The normalized spacial score (nSPS) is 22.4. The second kappa shape index (κ2) is 6.79. The topological polar surface area (TPSA) is 76.4 Å². The van der Waals surface area contributed by atoms with Crippen LogP contribution in [0.1, 0.15) is 42.6 Å². The molecule has 128 valence electrons. The van der Waals surface area contributed by atoms with E-state index >= 15 is 0 Å². The van der Waals surface area contributed by atoms with Gasteiger partial charge in [0.25, 0.3) is 5.91 Å². The second-order valence-corrected chi connectivity index (χ2v) is 7.15. The number of halogens is 1. The molecule has 0 radical (unpaired) electrons. The summed E-state index contributed by atoms with van der Waals surface area (Å²) in [6, 6.07) is -0.0522. The summed E-state index contributed by atoms with van der Waals surface area (Å²) in [7, 11) is 1.70. The molecular formula is C16H24ClN3O3. The number of rotatable bonds is 5. The number of nitrogens with one attached hydrogen (secondary N) is 1. The van der Waals surface area contributed by atoms with Crippen molar-refractivity contribution in [2.45, 2.75) is 38.1 Å². The first-order valence-electron chi connectivity index (χ1n) is 8.24. The molecule has 1 amide bonds. The molecule has 2 aliphatic rings. The van der Waals surface area contributed by atoms with Gasteiger partial charge < -0.3 is 15.2 Å². The van der Waals surface area contributed by atoms with Crippen molar-refractivity contribution in [3.8, 4) is 0 Å². The third-order valence-corrected chi connectivity index (χ3v) is 5.73. The van der Waals surface area contributed by atoms with Crippen LogP contribution in [0, 0.1) is 11.3 Å². The number of hydrogen-bond acceptors (Lipinski definition) is 4. The lowest BCUT2D eigenvalue weighted by Crippen LogP contribution is -2.57. The Morgan fingerprint density at radius 3 is 2.74 bits per heavy atom. The summed E-state index contributed by atoms with van der Waals surface area (Å²) >= 11 is 6.09. The van der Waals surface area contributed by atoms with E-state index in [2.05, 4.69) is 10.4 Å². The molecule has 3 rings (SSSR count). The van der Waals surface area contributed by atoms with Crippen LogP contribution in [0.5, 0.6) is 0 Å². The fraction of sp³-hybridized carbons (Fsp3) is 0.750. The van der Waals surface area contributed by atoms with Crippen molar-refractivity contribution in [3.05, 3.63) is 16.9 Å². The lowest BCUT2D eigenvalue weighted by atomic mass is 9.60. The van der Waals surface area contributed by atoms with Crippen molar-refractivity contribution in [1.29, 1.82) is 0 Å². The molecule has 1 aliphatic carbocycles. The lowest BCUT2D eigenvalue weighted by Gasteiger charge is -2.50. The van der Waals surface area contributed by atoms with Crippen molar-refractivity contribution >= 4 is 17.5 Å². The van der Waals surface area contributed by atoms with Gasteiger partial charge in [-0.1, -0.05) is 18.0 Å². The van der Waals surface area contributed by atoms with E-state index in [-0.39, 0.29) is 24.0 Å². The highest BCUT2D eigenvalue weighted by molar-refractivity contribution is 6.33. The molecular weight excluding hydrogens is 318 g/mol. The highest BCUT2D eigenvalue weighted by Crippen LogP contribution is 2.47. The predicted molar refractivity (Wildman–Crippen MR) is 86.4 cm³/mol. The zero-order chi connectivity index (χ0) is 16.4. The first-order chi connectivity index (χ1) is 11.1. The molecule has 0 spiro atoms. The minimum absolute atomic E-state index is 0.0522. The highest BCUT2D eigenvalue weighted by Gasteiger charge is 2.48. The molecule has 1 unspecified atom stereocenters. The van der Waals surface area contributed by atoms with Gasteiger partial charge in [0.15, 0.2) is 0 Å². The summed E-state index contributed by atoms with van der Waals surface area (Å²) in [6.45, 7) is 1.53. The molecule has 1 aromatic rings. The number of hydrogen-bond donors (Lipinski definition) is 2. The van der Waals surface area contributed by atoms with Crippen LogP contribution < -0.4 is 5.32 Å². The molecule has 1 saturated carbocycles. The Balaban J connectivity index is 1.82. The van der Waals surface area contributed by atoms with Gasteiger partial charge in [-0.3, -0.25) is 9.48 Å². The van der Waals surface area contributed by atoms with E-state index in [9.17, 15) is 9.90 Å². The Morgan fingerprint density at radius 2 is 2.26 bits per heavy atom. The van der Waals surface area contributed by atoms with E-state index in [1.807, 2.05) is 0 Å². The van der Waals surface area contributed by atoms with E-state index in [4.69, 9.17) is 16.3 Å². The number of amides is 1. The fourth-order valence-electron chi connectivity index (χ4n) is 3.89. The van der Waals surface area contributed by atoms with Gasteiger partial charge in [0, 0.05) is 31.7 Å². The van der Waals surface area contributed by atoms with E-state index in [0.717, 1.165) is 32.1 Å². The predicted octanol–water partition coefficient (Wildman–Crippen LogP) is 1.76. The van der Waals surface area contributed by atoms with E-state index in [1.54, 1.807) is 7.05 Å². The van der Waals surface area contributed by atoms with E-state index in [0.29, 0.717) is 29.8 Å². The van der Waals surface area contributed by atoms with Gasteiger partial charge in [-0.2, -0.15) is 5.10 Å². The van der Waals surface area contributed by atoms with Crippen LogP contribution in [0.4, 0.5) is 0 Å². The molecule has 1 aliphatic heterocycles. The Morgan fingerprint density at radius 1 is 1.57 bits per heavy atom. The van der Waals surface area contributed by atoms with Crippen LogP contribution in [-0.2, 0) is 11.8 Å². The summed E-state index contributed by atoms with van der Waals surface area (Å²) in [5.74, 6) is 0.110. The largest absolute Gasteiger partial charge is 0.396 e. The van der Waals surface area contributed by atoms with Crippen LogP contribution in [0.25, 0.3) is 0 Å². The standard InChI is InChI=1S/C16H24ClN3O3/c1-20-13(12(17)9-18-20)15(22)19-14(11-3-7-23-8-4-11)16(10-21)5-2-6-16/h9,11,14,21H,2-8,10H2,1H3,(H,19,22). The van der Waals surface area contributed by atoms with Crippen LogP contribution >= 0.6 is 11.6 Å². The average molecular weight is 342 g/mol. The second-order valence-electron chi connectivity index (χ2n) is 6.74. The molecule has 2 heterocycles. The van der Waals surface area contributed by atoms with Gasteiger partial charge in [0.05, 0.1) is 17.8 Å². The first-order valence-corrected chi connectivity index (χ1v) is 8.62. The van der Waals surface area contributed by atoms with Gasteiger partial charge in [0.2, 0.25) is 0 Å². The molecule has 6 nitrogen and oxygen atoms in total. The third-order valence-electron chi connectivity index (χ3n) is 5.46. The molecule has 0 bridgehead atoms. The monoisotopic (exact) mass is 341 g/mol. The average Bonchev–Trinajstić information content (AvgIpc) is 2.85. The van der Waals surface area contributed by atoms with Crippen LogP contribution in [0.15, 0.2) is 6.20 Å². The van der Waals surface area contributed by atoms with Gasteiger partial charge >= 0.3 is 0 Å². The first kappa shape index (κ1) is 16.7. The smallest absolute Gasteiger partial charge is 0.271 e. The van der Waals surface area contributed by atoms with Crippen molar-refractivity contribution in [1.82, 2.24) is 15.1 Å². The summed E-state index contributed by atoms with van der Waals surface area (Å²) in [5, 5.41) is 17.5. The maximum atomic E-state index is 12.7. The molecule has 2 N–H and O–H groups in total. The Bertz CT molecular complexity index is 540. The SMILES string of the molecule is Cn1ncc(Cl)c1C(=O)NC(C1CCOCC1)C1(CO)CCC1. The van der Waals surface area contributed by atoms with Crippen LogP contribution in [-0.4, -0.2) is 46.7 Å². The number of aryl methyl sites for hydroxylation is 1. The molecule has 1 atom stereocenters. The van der Waals surface area contributed by atoms with Crippen LogP contribution in [0.3, 0.4) is 0 Å². The van der Waals surface area contributed by atoms with E-state index in [1.165, 1.54) is 10.9 Å². The number of aliphatic hydroxyl groups excluding tert-OH is 1. The molecule has 1 saturated heterocycles. The summed E-state index contributed by atoms with van der Waals surface area (Å²) in [4.78, 5) is 12.7. The summed E-state index contributed by atoms with van der Waals surface area (Å²) in [6.07, 6.45) is 6.29. The van der Waals surface area contributed by atoms with Crippen molar-refractivity contribution in [2.75, 3.05) is 19.8 Å². The summed E-state index contributed by atoms with van der Waals surface area (Å²) < 4.78 is 6.94. The Kier molecular flexibility index (Phi) is 4.94. The molecule has 2 fully saturated rings. The quantitative estimate of drug-likeness (QED) is 0.855. The van der Waals surface area contributed by atoms with Crippen molar-refractivity contribution in [2.24, 2.45) is 18.4 Å². The number of carbonyl (C=O) groups excluding carboxylic acids is 1. The molecule has 0 aromatic carbocycles. The Labute approximate surface area is 141 Å². The lowest BCUT2D eigenvalue weighted by molar-refractivity contribution is -0.0380. The van der Waals surface area contributed by atoms with E-state index < -0.39 is 0 Å². The minimum Gasteiger partial charge on any atom is -0.396 e. The van der Waals surface area contributed by atoms with Crippen molar-refractivity contribution < 1.29 is 14.6 Å². The van der Waals surface area contributed by atoms with Crippen LogP contribution in [0.2, 0.25) is 5.02 Å². The Hall–Kier alpha value is -1.11. The fourth-order valence-corrected chi connectivity index (χ4v) is 4.15. The zero-order valence-corrected chi connectivity index (χ0v) is 14.2. The number of carbonyl (C=O) groups is 1. The molecule has 1 aromatic heterocycles. The maximum absolute atomic E-state index is 12.7. The van der Waals surface area contributed by atoms with Gasteiger partial charge in [-0.05, 0) is 31.6 Å². The number of aliphatic hydroxyl groups is 1.